The molecule has 0 unspecified atom stereocenters. The van der Waals surface area contributed by atoms with Gasteiger partial charge in [0.25, 0.3) is 0 Å². The molecule has 0 aliphatic carbocycles. The Kier molecular flexibility index (Phi) is 1.58. The van der Waals surface area contributed by atoms with Gasteiger partial charge >= 0.3 is 0 Å². The lowest BCUT2D eigenvalue weighted by Crippen LogP contribution is -2.48. The molecule has 11 heavy (non-hydrogen) atoms. The van der Waals surface area contributed by atoms with Crippen LogP contribution in [0.1, 0.15) is 12.8 Å². The molecule has 4 nitrogen and oxygen atoms in total. The smallest absolute Gasteiger partial charge is 0.229 e. The van der Waals surface area contributed by atoms with Gasteiger partial charge in [0.1, 0.15) is 6.23 Å². The average molecular weight is 157 g/mol. The number of β-lactam (4-membered cyclic amide) rings is 1. The van der Waals surface area contributed by atoms with Crippen LogP contribution in [0.4, 0.5) is 0 Å². The number of carbonyl (C=O) groups is 1. The molecule has 2 rings (SSSR count). The van der Waals surface area contributed by atoms with Crippen LogP contribution in [0, 0.1) is 0 Å². The first-order valence-corrected chi connectivity index (χ1v) is 3.87. The van der Waals surface area contributed by atoms with Gasteiger partial charge in [0.15, 0.2) is 0 Å². The molecular formula is C7H11NO3. The minimum atomic E-state index is 0.0269. The number of carbonyl (C=O) groups excluding carboxylic acids is 1. The highest BCUT2D eigenvalue weighted by molar-refractivity contribution is 5.82. The van der Waals surface area contributed by atoms with E-state index in [-0.39, 0.29) is 24.8 Å². The highest BCUT2D eigenvalue weighted by Crippen LogP contribution is 2.29. The van der Waals surface area contributed by atoms with Crippen LogP contribution in [-0.4, -0.2) is 41.4 Å². The second-order valence-corrected chi connectivity index (χ2v) is 2.98. The third-order valence-electron chi connectivity index (χ3n) is 2.22. The number of rotatable bonds is 2. The molecule has 2 saturated heterocycles. The second kappa shape index (κ2) is 2.46. The molecule has 1 amide bonds. The highest BCUT2D eigenvalue weighted by Gasteiger charge is 2.44. The monoisotopic (exact) mass is 157 g/mol. The van der Waals surface area contributed by atoms with E-state index in [1.165, 1.54) is 0 Å². The molecule has 0 aromatic carbocycles. The minimum Gasteiger partial charge on any atom is -0.396 e. The fourth-order valence-corrected chi connectivity index (χ4v) is 1.55. The molecule has 0 aromatic heterocycles. The molecule has 2 atom stereocenters. The number of hydrogen-bond acceptors (Lipinski definition) is 3. The lowest BCUT2D eigenvalue weighted by Gasteiger charge is -2.31. The predicted octanol–water partition coefficient (Wildman–Crippen LogP) is -0.674. The fourth-order valence-electron chi connectivity index (χ4n) is 1.55. The minimum absolute atomic E-state index is 0.0269. The van der Waals surface area contributed by atoms with E-state index in [0.717, 1.165) is 0 Å². The summed E-state index contributed by atoms with van der Waals surface area (Å²) in [6, 6.07) is 0. The Labute approximate surface area is 64.7 Å². The van der Waals surface area contributed by atoms with E-state index in [9.17, 15) is 4.79 Å². The first kappa shape index (κ1) is 7.06. The van der Waals surface area contributed by atoms with Crippen LogP contribution < -0.4 is 0 Å². The van der Waals surface area contributed by atoms with E-state index >= 15 is 0 Å². The van der Waals surface area contributed by atoms with Crippen LogP contribution in [-0.2, 0) is 9.53 Å². The molecule has 2 heterocycles. The quantitative estimate of drug-likeness (QED) is 0.541. The third kappa shape index (κ3) is 1.02. The number of fused-ring (bicyclic) bond motifs is 1. The molecule has 0 bridgehead atoms. The second-order valence-electron chi connectivity index (χ2n) is 2.98. The zero-order valence-corrected chi connectivity index (χ0v) is 6.19. The van der Waals surface area contributed by atoms with Gasteiger partial charge in [-0.15, -0.1) is 0 Å². The summed E-state index contributed by atoms with van der Waals surface area (Å²) in [5.74, 6) is 0.176. The number of amides is 1. The third-order valence-corrected chi connectivity index (χ3v) is 2.22. The van der Waals surface area contributed by atoms with Crippen LogP contribution in [0.5, 0.6) is 0 Å². The Morgan fingerprint density at radius 2 is 2.55 bits per heavy atom. The Morgan fingerprint density at radius 3 is 3.09 bits per heavy atom. The molecule has 0 spiro atoms. The van der Waals surface area contributed by atoms with Gasteiger partial charge in [-0.3, -0.25) is 4.79 Å². The first-order chi connectivity index (χ1) is 5.31. The van der Waals surface area contributed by atoms with E-state index < -0.39 is 0 Å². The van der Waals surface area contributed by atoms with Crippen molar-refractivity contribution in [2.75, 3.05) is 13.2 Å². The summed E-state index contributed by atoms with van der Waals surface area (Å²) in [6.45, 7) is 0.809. The molecule has 0 saturated carbocycles. The summed E-state index contributed by atoms with van der Waals surface area (Å²) in [5.41, 5.74) is 0. The van der Waals surface area contributed by atoms with Gasteiger partial charge in [-0.05, 0) is 6.42 Å². The van der Waals surface area contributed by atoms with Crippen LogP contribution in [0.15, 0.2) is 0 Å². The average Bonchev–Trinajstić information content (AvgIpc) is 2.29. The van der Waals surface area contributed by atoms with Crippen molar-refractivity contribution in [2.45, 2.75) is 25.2 Å². The molecular weight excluding hydrogens is 146 g/mol. The van der Waals surface area contributed by atoms with Gasteiger partial charge < -0.3 is 14.7 Å². The number of nitrogens with zero attached hydrogens (tertiary/aromatic N) is 1. The van der Waals surface area contributed by atoms with E-state index in [2.05, 4.69) is 0 Å². The van der Waals surface area contributed by atoms with Gasteiger partial charge in [0.05, 0.1) is 12.5 Å². The predicted molar refractivity (Wildman–Crippen MR) is 36.7 cm³/mol. The van der Waals surface area contributed by atoms with Gasteiger partial charge in [-0.25, -0.2) is 0 Å². The molecule has 0 radical (unpaired) electrons. The van der Waals surface area contributed by atoms with Crippen molar-refractivity contribution in [3.05, 3.63) is 0 Å². The number of aliphatic hydroxyl groups excluding tert-OH is 1. The van der Waals surface area contributed by atoms with Crippen LogP contribution in [0.3, 0.4) is 0 Å². The lowest BCUT2D eigenvalue weighted by molar-refractivity contribution is -0.156. The Hall–Kier alpha value is -0.610. The Morgan fingerprint density at radius 1 is 1.73 bits per heavy atom. The van der Waals surface area contributed by atoms with Crippen molar-refractivity contribution in [2.24, 2.45) is 0 Å². The molecule has 0 aromatic rings. The summed E-state index contributed by atoms with van der Waals surface area (Å²) in [5, 5.41) is 8.60. The summed E-state index contributed by atoms with van der Waals surface area (Å²) in [4.78, 5) is 12.6. The standard InChI is InChI=1S/C7H11NO3/c9-2-1-5-4-8-6(10)3-7(8)11-5/h5,7,9H,1-4H2/t5-,7-/m0/s1. The van der Waals surface area contributed by atoms with Crippen LogP contribution in [0.2, 0.25) is 0 Å². The molecule has 1 N–H and O–H groups in total. The summed E-state index contributed by atoms with van der Waals surface area (Å²) in [6.07, 6.45) is 1.26. The summed E-state index contributed by atoms with van der Waals surface area (Å²) < 4.78 is 5.42. The van der Waals surface area contributed by atoms with E-state index in [1.54, 1.807) is 4.90 Å². The molecule has 4 heteroatoms. The molecule has 2 fully saturated rings. The Bertz CT molecular complexity index is 183. The van der Waals surface area contributed by atoms with Crippen molar-refractivity contribution in [1.29, 1.82) is 0 Å². The van der Waals surface area contributed by atoms with Gasteiger partial charge in [-0.2, -0.15) is 0 Å². The topological polar surface area (TPSA) is 49.8 Å². The van der Waals surface area contributed by atoms with E-state index in [4.69, 9.17) is 9.84 Å². The maximum atomic E-state index is 10.8. The van der Waals surface area contributed by atoms with E-state index in [0.29, 0.717) is 19.4 Å². The molecule has 2 aliphatic heterocycles. The van der Waals surface area contributed by atoms with Crippen molar-refractivity contribution in [3.8, 4) is 0 Å². The maximum Gasteiger partial charge on any atom is 0.229 e. The molecule has 2 aliphatic rings. The highest BCUT2D eigenvalue weighted by atomic mass is 16.5. The zero-order chi connectivity index (χ0) is 7.84. The zero-order valence-electron chi connectivity index (χ0n) is 6.19. The number of aliphatic hydroxyl groups is 1. The number of ether oxygens (including phenoxy) is 1. The fraction of sp³-hybridized carbons (Fsp3) is 0.857. The van der Waals surface area contributed by atoms with Gasteiger partial charge in [0, 0.05) is 13.2 Å². The van der Waals surface area contributed by atoms with Crippen LogP contribution in [0.25, 0.3) is 0 Å². The van der Waals surface area contributed by atoms with Crippen molar-refractivity contribution < 1.29 is 14.6 Å². The Balaban J connectivity index is 1.88. The van der Waals surface area contributed by atoms with Gasteiger partial charge in [0.2, 0.25) is 5.91 Å². The normalized spacial score (nSPS) is 35.4. The SMILES string of the molecule is O=C1C[C@@H]2O[C@@H](CCO)CN12. The van der Waals surface area contributed by atoms with E-state index in [1.807, 2.05) is 0 Å². The lowest BCUT2D eigenvalue weighted by atomic mass is 10.2. The largest absolute Gasteiger partial charge is 0.396 e. The van der Waals surface area contributed by atoms with Crippen LogP contribution >= 0.6 is 0 Å². The first-order valence-electron chi connectivity index (χ1n) is 3.87. The molecule has 62 valence electrons. The summed E-state index contributed by atoms with van der Waals surface area (Å²) >= 11 is 0. The van der Waals surface area contributed by atoms with Crippen molar-refractivity contribution in [3.63, 3.8) is 0 Å². The summed E-state index contributed by atoms with van der Waals surface area (Å²) in [7, 11) is 0. The van der Waals surface area contributed by atoms with Crippen molar-refractivity contribution >= 4 is 5.91 Å². The van der Waals surface area contributed by atoms with Crippen molar-refractivity contribution in [1.82, 2.24) is 4.90 Å². The number of hydrogen-bond donors (Lipinski definition) is 1. The van der Waals surface area contributed by atoms with Gasteiger partial charge in [-0.1, -0.05) is 0 Å². The maximum absolute atomic E-state index is 10.8.